The lowest BCUT2D eigenvalue weighted by Gasteiger charge is -2.14. The fourth-order valence-corrected chi connectivity index (χ4v) is 3.13. The molecule has 128 valence electrons. The van der Waals surface area contributed by atoms with Gasteiger partial charge in [-0.1, -0.05) is 23.7 Å². The van der Waals surface area contributed by atoms with Crippen molar-refractivity contribution in [3.05, 3.63) is 51.5 Å². The molecule has 0 atom stereocenters. The molecule has 0 aliphatic carbocycles. The molecule has 0 aromatic heterocycles. The molecule has 4 nitrogen and oxygen atoms in total. The molecule has 0 bridgehead atoms. The number of anilines is 1. The zero-order chi connectivity index (χ0) is 17.5. The van der Waals surface area contributed by atoms with Gasteiger partial charge >= 0.3 is 0 Å². The smallest absolute Gasteiger partial charge is 0.224 e. The Balaban J connectivity index is 2.01. The minimum Gasteiger partial charge on any atom is -0.497 e. The maximum absolute atomic E-state index is 12.2. The van der Waals surface area contributed by atoms with Crippen molar-refractivity contribution in [3.63, 3.8) is 0 Å². The SMILES string of the molecule is CCOc1c(Br)cc(Cl)cc1NC(=O)CCc1ccc(OC)cc1. The maximum atomic E-state index is 12.2. The standard InChI is InChI=1S/C18H19BrClNO3/c1-3-24-18-15(19)10-13(20)11-16(18)21-17(22)9-6-12-4-7-14(23-2)8-5-12/h4-5,7-8,10-11H,3,6,9H2,1-2H3,(H,21,22). The lowest BCUT2D eigenvalue weighted by Crippen LogP contribution is -2.13. The first-order chi connectivity index (χ1) is 11.5. The summed E-state index contributed by atoms with van der Waals surface area (Å²) in [7, 11) is 1.63. The molecule has 24 heavy (non-hydrogen) atoms. The van der Waals surface area contributed by atoms with E-state index in [1.807, 2.05) is 31.2 Å². The molecule has 0 spiro atoms. The molecule has 1 N–H and O–H groups in total. The van der Waals surface area contributed by atoms with Crippen LogP contribution in [-0.4, -0.2) is 19.6 Å². The molecule has 0 aliphatic heterocycles. The number of hydrogen-bond donors (Lipinski definition) is 1. The van der Waals surface area contributed by atoms with Gasteiger partial charge in [0.1, 0.15) is 5.75 Å². The monoisotopic (exact) mass is 411 g/mol. The van der Waals surface area contributed by atoms with Gasteiger partial charge in [-0.2, -0.15) is 0 Å². The van der Waals surface area contributed by atoms with Crippen LogP contribution in [0.25, 0.3) is 0 Å². The van der Waals surface area contributed by atoms with E-state index >= 15 is 0 Å². The molecule has 6 heteroatoms. The highest BCUT2D eigenvalue weighted by Gasteiger charge is 2.13. The van der Waals surface area contributed by atoms with Gasteiger partial charge in [0, 0.05) is 11.4 Å². The Morgan fingerprint density at radius 3 is 2.58 bits per heavy atom. The summed E-state index contributed by atoms with van der Waals surface area (Å²) in [6, 6.07) is 11.1. The summed E-state index contributed by atoms with van der Waals surface area (Å²) < 4.78 is 11.4. The quantitative estimate of drug-likeness (QED) is 0.690. The Bertz CT molecular complexity index is 704. The molecule has 2 aromatic carbocycles. The van der Waals surface area contributed by atoms with Crippen LogP contribution >= 0.6 is 27.5 Å². The normalized spacial score (nSPS) is 10.3. The van der Waals surface area contributed by atoms with E-state index in [0.717, 1.165) is 11.3 Å². The van der Waals surface area contributed by atoms with Gasteiger partial charge in [0.25, 0.3) is 0 Å². The van der Waals surface area contributed by atoms with Crippen molar-refractivity contribution >= 4 is 39.1 Å². The summed E-state index contributed by atoms with van der Waals surface area (Å²) in [5, 5.41) is 3.39. The molecule has 2 rings (SSSR count). The third-order valence-electron chi connectivity index (χ3n) is 3.37. The average molecular weight is 413 g/mol. The van der Waals surface area contributed by atoms with Gasteiger partial charge < -0.3 is 14.8 Å². The third kappa shape index (κ3) is 5.14. The second kappa shape index (κ2) is 8.94. The van der Waals surface area contributed by atoms with Crippen LogP contribution in [0.1, 0.15) is 18.9 Å². The van der Waals surface area contributed by atoms with Crippen molar-refractivity contribution in [1.82, 2.24) is 0 Å². The maximum Gasteiger partial charge on any atom is 0.224 e. The number of aryl methyl sites for hydroxylation is 1. The van der Waals surface area contributed by atoms with Crippen molar-refractivity contribution in [1.29, 1.82) is 0 Å². The van der Waals surface area contributed by atoms with Crippen molar-refractivity contribution < 1.29 is 14.3 Å². The van der Waals surface area contributed by atoms with Crippen LogP contribution in [0.3, 0.4) is 0 Å². The Kier molecular flexibility index (Phi) is 6.94. The zero-order valence-corrected chi connectivity index (χ0v) is 15.9. The number of hydrogen-bond acceptors (Lipinski definition) is 3. The van der Waals surface area contributed by atoms with E-state index < -0.39 is 0 Å². The largest absolute Gasteiger partial charge is 0.497 e. The van der Waals surface area contributed by atoms with Gasteiger partial charge in [0.15, 0.2) is 5.75 Å². The fraction of sp³-hybridized carbons (Fsp3) is 0.278. The second-order valence-corrected chi connectivity index (χ2v) is 6.38. The molecular weight excluding hydrogens is 394 g/mol. The number of amides is 1. The van der Waals surface area contributed by atoms with Crippen molar-refractivity contribution in [2.24, 2.45) is 0 Å². The first-order valence-corrected chi connectivity index (χ1v) is 8.75. The summed E-state index contributed by atoms with van der Waals surface area (Å²) in [4.78, 5) is 12.2. The summed E-state index contributed by atoms with van der Waals surface area (Å²) >= 11 is 9.46. The van der Waals surface area contributed by atoms with E-state index in [-0.39, 0.29) is 5.91 Å². The van der Waals surface area contributed by atoms with Crippen molar-refractivity contribution in [2.75, 3.05) is 19.0 Å². The van der Waals surface area contributed by atoms with Gasteiger partial charge in [-0.15, -0.1) is 0 Å². The number of methoxy groups -OCH3 is 1. The predicted octanol–water partition coefficient (Wildman–Crippen LogP) is 5.08. The molecular formula is C18H19BrClNO3. The van der Waals surface area contributed by atoms with Crippen LogP contribution in [0.5, 0.6) is 11.5 Å². The van der Waals surface area contributed by atoms with Gasteiger partial charge in [-0.3, -0.25) is 4.79 Å². The van der Waals surface area contributed by atoms with E-state index in [1.165, 1.54) is 0 Å². The third-order valence-corrected chi connectivity index (χ3v) is 4.18. The highest BCUT2D eigenvalue weighted by atomic mass is 79.9. The molecule has 2 aromatic rings. The fourth-order valence-electron chi connectivity index (χ4n) is 2.21. The highest BCUT2D eigenvalue weighted by Crippen LogP contribution is 2.36. The first kappa shape index (κ1) is 18.6. The van der Waals surface area contributed by atoms with Gasteiger partial charge in [0.05, 0.1) is 23.9 Å². The minimum absolute atomic E-state index is 0.0964. The van der Waals surface area contributed by atoms with Crippen LogP contribution in [-0.2, 0) is 11.2 Å². The Morgan fingerprint density at radius 2 is 1.96 bits per heavy atom. The molecule has 0 fully saturated rings. The molecule has 0 saturated carbocycles. The molecule has 0 saturated heterocycles. The van der Waals surface area contributed by atoms with Crippen molar-refractivity contribution in [2.45, 2.75) is 19.8 Å². The summed E-state index contributed by atoms with van der Waals surface area (Å²) in [5.41, 5.74) is 1.64. The molecule has 1 amide bonds. The highest BCUT2D eigenvalue weighted by molar-refractivity contribution is 9.10. The van der Waals surface area contributed by atoms with E-state index in [0.29, 0.717) is 40.4 Å². The Hall–Kier alpha value is -1.72. The number of carbonyl (C=O) groups excluding carboxylic acids is 1. The van der Waals surface area contributed by atoms with Gasteiger partial charge in [-0.05, 0) is 59.1 Å². The van der Waals surface area contributed by atoms with E-state index in [2.05, 4.69) is 21.2 Å². The lowest BCUT2D eigenvalue weighted by molar-refractivity contribution is -0.116. The number of benzene rings is 2. The number of nitrogens with one attached hydrogen (secondary N) is 1. The number of halogens is 2. The summed E-state index contributed by atoms with van der Waals surface area (Å²) in [6.07, 6.45) is 1.00. The van der Waals surface area contributed by atoms with Crippen LogP contribution < -0.4 is 14.8 Å². The Labute approximate surface area is 155 Å². The van der Waals surface area contributed by atoms with Gasteiger partial charge in [-0.25, -0.2) is 0 Å². The molecule has 0 heterocycles. The average Bonchev–Trinajstić information content (AvgIpc) is 2.56. The van der Waals surface area contributed by atoms with Crippen molar-refractivity contribution in [3.8, 4) is 11.5 Å². The van der Waals surface area contributed by atoms with Crippen LogP contribution in [0.2, 0.25) is 5.02 Å². The number of carbonyl (C=O) groups is 1. The van der Waals surface area contributed by atoms with Gasteiger partial charge in [0.2, 0.25) is 5.91 Å². The topological polar surface area (TPSA) is 47.6 Å². The predicted molar refractivity (Wildman–Crippen MR) is 100 cm³/mol. The minimum atomic E-state index is -0.0964. The summed E-state index contributed by atoms with van der Waals surface area (Å²) in [6.45, 7) is 2.38. The Morgan fingerprint density at radius 1 is 1.25 bits per heavy atom. The number of rotatable bonds is 7. The molecule has 0 radical (unpaired) electrons. The first-order valence-electron chi connectivity index (χ1n) is 7.58. The molecule has 0 unspecified atom stereocenters. The van der Waals surface area contributed by atoms with Crippen LogP contribution in [0, 0.1) is 0 Å². The van der Waals surface area contributed by atoms with E-state index in [9.17, 15) is 4.79 Å². The second-order valence-electron chi connectivity index (χ2n) is 5.09. The van der Waals surface area contributed by atoms with Crippen LogP contribution in [0.15, 0.2) is 40.9 Å². The van der Waals surface area contributed by atoms with E-state index in [4.69, 9.17) is 21.1 Å². The van der Waals surface area contributed by atoms with E-state index in [1.54, 1.807) is 19.2 Å². The number of ether oxygens (including phenoxy) is 2. The lowest BCUT2D eigenvalue weighted by atomic mass is 10.1. The molecule has 0 aliphatic rings. The zero-order valence-electron chi connectivity index (χ0n) is 13.6. The summed E-state index contributed by atoms with van der Waals surface area (Å²) in [5.74, 6) is 1.29. The van der Waals surface area contributed by atoms with Crippen LogP contribution in [0.4, 0.5) is 5.69 Å².